The normalized spacial score (nSPS) is 15.2. The summed E-state index contributed by atoms with van der Waals surface area (Å²) in [5.74, 6) is 0.676. The van der Waals surface area contributed by atoms with Gasteiger partial charge in [0.25, 0.3) is 0 Å². The Hall–Kier alpha value is -2.26. The molecule has 3 rings (SSSR count). The van der Waals surface area contributed by atoms with E-state index in [1.807, 2.05) is 24.3 Å². The first-order valence-electron chi connectivity index (χ1n) is 8.75. The second-order valence-electron chi connectivity index (χ2n) is 6.73. The van der Waals surface area contributed by atoms with Crippen LogP contribution >= 0.6 is 12.2 Å². The Labute approximate surface area is 164 Å². The monoisotopic (exact) mass is 405 g/mol. The highest BCUT2D eigenvalue weighted by atomic mass is 32.2. The summed E-state index contributed by atoms with van der Waals surface area (Å²) < 4.78 is 23.4. The third kappa shape index (κ3) is 4.19. The number of thiocarbonyl (C=S) groups is 1. The first-order chi connectivity index (χ1) is 12.7. The van der Waals surface area contributed by atoms with Crippen molar-refractivity contribution in [2.75, 3.05) is 23.9 Å². The number of hydrogen-bond donors (Lipinski definition) is 3. The van der Waals surface area contributed by atoms with E-state index in [0.717, 1.165) is 24.2 Å². The minimum Gasteiger partial charge on any atom is -0.384 e. The number of sulfone groups is 1. The molecule has 0 saturated heterocycles. The van der Waals surface area contributed by atoms with Gasteiger partial charge >= 0.3 is 0 Å². The molecule has 1 heterocycles. The third-order valence-electron chi connectivity index (χ3n) is 4.56. The average Bonchev–Trinajstić information content (AvgIpc) is 3.42. The molecule has 144 valence electrons. The quantitative estimate of drug-likeness (QED) is 0.629. The van der Waals surface area contributed by atoms with Crippen molar-refractivity contribution in [2.24, 2.45) is 0 Å². The maximum atomic E-state index is 12.2. The number of nitrogens with one attached hydrogen (secondary N) is 2. The summed E-state index contributed by atoms with van der Waals surface area (Å²) in [6.45, 7) is 2.88. The third-order valence-corrected chi connectivity index (χ3v) is 6.85. The van der Waals surface area contributed by atoms with Crippen LogP contribution in [0.25, 0.3) is 11.4 Å². The number of rotatable bonds is 6. The summed E-state index contributed by atoms with van der Waals surface area (Å²) in [6, 6.07) is 8.99. The molecule has 1 aromatic heterocycles. The number of benzene rings is 1. The second kappa shape index (κ2) is 7.40. The lowest BCUT2D eigenvalue weighted by atomic mass is 10.1. The Morgan fingerprint density at radius 3 is 2.48 bits per heavy atom. The molecule has 0 amide bonds. The molecule has 0 atom stereocenters. The van der Waals surface area contributed by atoms with Gasteiger partial charge in [-0.1, -0.05) is 6.92 Å². The van der Waals surface area contributed by atoms with Crippen LogP contribution in [0.1, 0.15) is 31.9 Å². The molecule has 0 unspecified atom stereocenters. The lowest BCUT2D eigenvalue weighted by Crippen LogP contribution is -2.28. The van der Waals surface area contributed by atoms with Crippen LogP contribution in [0.4, 0.5) is 11.5 Å². The Bertz CT molecular complexity index is 954. The Kier molecular flexibility index (Phi) is 5.34. The number of nitrogens with zero attached hydrogens (tertiary/aromatic N) is 2. The fraction of sp³-hybridized carbons (Fsp3) is 0.389. The maximum Gasteiger partial charge on any atom is 0.170 e. The first kappa shape index (κ1) is 19.5. The highest BCUT2D eigenvalue weighted by Crippen LogP contribution is 2.52. The van der Waals surface area contributed by atoms with Gasteiger partial charge in [-0.25, -0.2) is 18.4 Å². The fourth-order valence-electron chi connectivity index (χ4n) is 2.88. The minimum atomic E-state index is -3.27. The van der Waals surface area contributed by atoms with E-state index in [0.29, 0.717) is 29.5 Å². The first-order valence-corrected chi connectivity index (χ1v) is 11.0. The molecule has 9 heteroatoms. The number of hydrogen-bond acceptors (Lipinski definition) is 6. The number of nitrogen functional groups attached to an aromatic ring is 1. The molecule has 1 saturated carbocycles. The summed E-state index contributed by atoms with van der Waals surface area (Å²) in [5.41, 5.74) is 7.99. The van der Waals surface area contributed by atoms with Crippen LogP contribution < -0.4 is 16.4 Å². The molecule has 1 aliphatic rings. The zero-order chi connectivity index (χ0) is 19.7. The largest absolute Gasteiger partial charge is 0.384 e. The van der Waals surface area contributed by atoms with Crippen LogP contribution in [0.2, 0.25) is 0 Å². The molecular formula is C18H23N5O2S2. The summed E-state index contributed by atoms with van der Waals surface area (Å²) in [5, 5.41) is 6.78. The molecule has 0 spiro atoms. The van der Waals surface area contributed by atoms with Gasteiger partial charge in [0.05, 0.1) is 5.69 Å². The van der Waals surface area contributed by atoms with E-state index in [4.69, 9.17) is 18.0 Å². The SMILES string of the molecule is CCCNC(=S)Nc1ccc(-c2nc(N)cc(C3(S(C)(=O)=O)CC3)n2)cc1. The van der Waals surface area contributed by atoms with Crippen molar-refractivity contribution in [1.29, 1.82) is 0 Å². The van der Waals surface area contributed by atoms with Gasteiger partial charge in [-0.3, -0.25) is 0 Å². The lowest BCUT2D eigenvalue weighted by Gasteiger charge is -2.14. The van der Waals surface area contributed by atoms with Crippen LogP contribution in [-0.4, -0.2) is 36.3 Å². The van der Waals surface area contributed by atoms with Gasteiger partial charge in [-0.2, -0.15) is 0 Å². The molecular weight excluding hydrogens is 382 g/mol. The van der Waals surface area contributed by atoms with Crippen molar-refractivity contribution in [3.63, 3.8) is 0 Å². The fourth-order valence-corrected chi connectivity index (χ4v) is 4.42. The van der Waals surface area contributed by atoms with Gasteiger partial charge in [-0.15, -0.1) is 0 Å². The van der Waals surface area contributed by atoms with Gasteiger partial charge in [0.2, 0.25) is 0 Å². The van der Waals surface area contributed by atoms with Gasteiger partial charge in [0.15, 0.2) is 20.8 Å². The number of aromatic nitrogens is 2. The molecule has 0 radical (unpaired) electrons. The predicted molar refractivity (Wildman–Crippen MR) is 112 cm³/mol. The van der Waals surface area contributed by atoms with Crippen molar-refractivity contribution in [3.05, 3.63) is 36.0 Å². The Balaban J connectivity index is 1.84. The number of anilines is 2. The summed E-state index contributed by atoms with van der Waals surface area (Å²) in [7, 11) is -3.27. The van der Waals surface area contributed by atoms with Crippen LogP contribution in [0.5, 0.6) is 0 Å². The molecule has 1 fully saturated rings. The van der Waals surface area contributed by atoms with Crippen LogP contribution in [0.15, 0.2) is 30.3 Å². The van der Waals surface area contributed by atoms with Crippen LogP contribution in [-0.2, 0) is 14.6 Å². The molecule has 27 heavy (non-hydrogen) atoms. The molecule has 0 bridgehead atoms. The lowest BCUT2D eigenvalue weighted by molar-refractivity contribution is 0.584. The van der Waals surface area contributed by atoms with E-state index in [2.05, 4.69) is 27.5 Å². The van der Waals surface area contributed by atoms with E-state index < -0.39 is 14.6 Å². The van der Waals surface area contributed by atoms with Crippen molar-refractivity contribution < 1.29 is 8.42 Å². The van der Waals surface area contributed by atoms with E-state index in [-0.39, 0.29) is 5.82 Å². The van der Waals surface area contributed by atoms with E-state index in [1.54, 1.807) is 6.07 Å². The summed E-state index contributed by atoms with van der Waals surface area (Å²) in [6.07, 6.45) is 3.36. The van der Waals surface area contributed by atoms with Gasteiger partial charge in [-0.05, 0) is 55.7 Å². The molecule has 0 aliphatic heterocycles. The van der Waals surface area contributed by atoms with Crippen molar-refractivity contribution in [2.45, 2.75) is 30.9 Å². The van der Waals surface area contributed by atoms with Crippen molar-refractivity contribution in [1.82, 2.24) is 15.3 Å². The van der Waals surface area contributed by atoms with Crippen molar-refractivity contribution >= 4 is 38.7 Å². The van der Waals surface area contributed by atoms with E-state index >= 15 is 0 Å². The summed E-state index contributed by atoms with van der Waals surface area (Å²) >= 11 is 5.22. The van der Waals surface area contributed by atoms with Crippen molar-refractivity contribution in [3.8, 4) is 11.4 Å². The van der Waals surface area contributed by atoms with Gasteiger partial charge in [0, 0.05) is 30.1 Å². The maximum absolute atomic E-state index is 12.2. The van der Waals surface area contributed by atoms with E-state index in [9.17, 15) is 8.42 Å². The van der Waals surface area contributed by atoms with Crippen LogP contribution in [0, 0.1) is 0 Å². The molecule has 1 aliphatic carbocycles. The summed E-state index contributed by atoms with van der Waals surface area (Å²) in [4.78, 5) is 8.78. The minimum absolute atomic E-state index is 0.261. The Morgan fingerprint density at radius 1 is 1.26 bits per heavy atom. The smallest absolute Gasteiger partial charge is 0.170 e. The highest BCUT2D eigenvalue weighted by molar-refractivity contribution is 7.92. The number of nitrogens with two attached hydrogens (primary N) is 1. The van der Waals surface area contributed by atoms with Crippen LogP contribution in [0.3, 0.4) is 0 Å². The highest BCUT2D eigenvalue weighted by Gasteiger charge is 2.55. The van der Waals surface area contributed by atoms with E-state index in [1.165, 1.54) is 6.26 Å². The van der Waals surface area contributed by atoms with Gasteiger partial charge < -0.3 is 16.4 Å². The predicted octanol–water partition coefficient (Wildman–Crippen LogP) is 2.46. The second-order valence-corrected chi connectivity index (χ2v) is 9.46. The zero-order valence-corrected chi connectivity index (χ0v) is 17.0. The van der Waals surface area contributed by atoms with Gasteiger partial charge in [0.1, 0.15) is 10.6 Å². The zero-order valence-electron chi connectivity index (χ0n) is 15.3. The molecule has 2 aromatic rings. The Morgan fingerprint density at radius 2 is 1.93 bits per heavy atom. The standard InChI is InChI=1S/C18H23N5O2S2/c1-3-10-20-17(26)21-13-6-4-12(5-7-13)16-22-14(11-15(19)23-16)18(8-9-18)27(2,24)25/h4-7,11H,3,8-10H2,1-2H3,(H2,19,22,23)(H2,20,21,26). The molecule has 1 aromatic carbocycles. The molecule has 4 N–H and O–H groups in total. The topological polar surface area (TPSA) is 110 Å². The molecule has 7 nitrogen and oxygen atoms in total. The average molecular weight is 406 g/mol.